The number of carbonyl (C=O) groups excluding carboxylic acids is 1. The van der Waals surface area contributed by atoms with Crippen molar-refractivity contribution in [2.75, 3.05) is 25.1 Å². The molecule has 1 fully saturated rings. The number of anilines is 1. The molecule has 0 unspecified atom stereocenters. The molecule has 0 bridgehead atoms. The second-order valence-corrected chi connectivity index (χ2v) is 5.72. The van der Waals surface area contributed by atoms with Crippen molar-refractivity contribution in [3.8, 4) is 0 Å². The van der Waals surface area contributed by atoms with Gasteiger partial charge in [0, 0.05) is 16.1 Å². The van der Waals surface area contributed by atoms with Gasteiger partial charge in [-0.25, -0.2) is 4.79 Å². The van der Waals surface area contributed by atoms with E-state index in [1.807, 2.05) is 18.2 Å². The van der Waals surface area contributed by atoms with Crippen molar-refractivity contribution in [1.29, 1.82) is 0 Å². The van der Waals surface area contributed by atoms with Crippen molar-refractivity contribution in [2.24, 2.45) is 0 Å². The number of carbonyl (C=O) groups is 1. The van der Waals surface area contributed by atoms with Crippen LogP contribution in [0.4, 0.5) is 5.69 Å². The van der Waals surface area contributed by atoms with Gasteiger partial charge in [0.1, 0.15) is 5.56 Å². The molecule has 0 amide bonds. The number of nitrogens with one attached hydrogen (secondary N) is 1. The van der Waals surface area contributed by atoms with Crippen LogP contribution in [0.3, 0.4) is 0 Å². The predicted molar refractivity (Wildman–Crippen MR) is 83.6 cm³/mol. The van der Waals surface area contributed by atoms with Crippen LogP contribution in [0.1, 0.15) is 17.3 Å². The molecule has 0 aliphatic carbocycles. The van der Waals surface area contributed by atoms with E-state index < -0.39 is 0 Å². The molecule has 2 heterocycles. The van der Waals surface area contributed by atoms with Crippen LogP contribution in [0.5, 0.6) is 0 Å². The molecule has 1 saturated heterocycles. The minimum absolute atomic E-state index is 0.211. The Hall–Kier alpha value is -1.66. The number of rotatable bonds is 4. The highest BCUT2D eigenvalue weighted by Crippen LogP contribution is 2.30. The highest BCUT2D eigenvalue weighted by atomic mass is 79.9. The van der Waals surface area contributed by atoms with Crippen LogP contribution in [-0.4, -0.2) is 36.8 Å². The molecule has 0 saturated carbocycles. The normalized spacial score (nSPS) is 14.8. The van der Waals surface area contributed by atoms with Crippen LogP contribution in [-0.2, 0) is 9.47 Å². The summed E-state index contributed by atoms with van der Waals surface area (Å²) in [7, 11) is 0. The van der Waals surface area contributed by atoms with Gasteiger partial charge in [0.15, 0.2) is 0 Å². The number of benzene rings is 1. The molecule has 21 heavy (non-hydrogen) atoms. The Labute approximate surface area is 130 Å². The number of nitrogens with zero attached hydrogens (tertiary/aromatic N) is 1. The predicted octanol–water partition coefficient (Wildman–Crippen LogP) is 2.98. The number of hydrogen-bond donors (Lipinski definition) is 1. The number of halogens is 1. The third kappa shape index (κ3) is 2.87. The van der Waals surface area contributed by atoms with E-state index in [2.05, 4.69) is 26.2 Å². The van der Waals surface area contributed by atoms with Gasteiger partial charge in [0.05, 0.1) is 37.1 Å². The summed E-state index contributed by atoms with van der Waals surface area (Å²) in [6, 6.07) is 6.00. The van der Waals surface area contributed by atoms with E-state index >= 15 is 0 Å². The Morgan fingerprint density at radius 3 is 3.00 bits per heavy atom. The number of hydrogen-bond acceptors (Lipinski definition) is 5. The molecule has 1 aliphatic rings. The first kappa shape index (κ1) is 14.3. The fraction of sp³-hybridized carbons (Fsp3) is 0.333. The average molecular weight is 351 g/mol. The molecule has 0 spiro atoms. The largest absolute Gasteiger partial charge is 0.462 e. The third-order valence-corrected chi connectivity index (χ3v) is 3.81. The first-order valence-corrected chi connectivity index (χ1v) is 7.58. The lowest BCUT2D eigenvalue weighted by atomic mass is 10.1. The van der Waals surface area contributed by atoms with E-state index in [1.54, 1.807) is 13.1 Å². The first-order valence-electron chi connectivity index (χ1n) is 6.78. The molecular weight excluding hydrogens is 336 g/mol. The van der Waals surface area contributed by atoms with Crippen LogP contribution in [0.2, 0.25) is 0 Å². The van der Waals surface area contributed by atoms with Gasteiger partial charge in [0.25, 0.3) is 0 Å². The van der Waals surface area contributed by atoms with Gasteiger partial charge in [-0.3, -0.25) is 4.98 Å². The summed E-state index contributed by atoms with van der Waals surface area (Å²) in [5, 5.41) is 4.26. The number of pyridine rings is 1. The van der Waals surface area contributed by atoms with Gasteiger partial charge >= 0.3 is 5.97 Å². The SMILES string of the molecule is CCOC(=O)c1cnc2ccc(Br)cc2c1NC1COC1. The maximum absolute atomic E-state index is 12.1. The molecule has 3 rings (SSSR count). The lowest BCUT2D eigenvalue weighted by molar-refractivity contribution is 0.0210. The van der Waals surface area contributed by atoms with Gasteiger partial charge in [-0.15, -0.1) is 0 Å². The van der Waals surface area contributed by atoms with E-state index in [4.69, 9.17) is 9.47 Å². The summed E-state index contributed by atoms with van der Waals surface area (Å²) in [6.07, 6.45) is 1.57. The lowest BCUT2D eigenvalue weighted by Crippen LogP contribution is -2.40. The summed E-state index contributed by atoms with van der Waals surface area (Å²) < 4.78 is 11.2. The van der Waals surface area contributed by atoms with Crippen LogP contribution in [0.15, 0.2) is 28.9 Å². The smallest absolute Gasteiger partial charge is 0.341 e. The molecule has 1 aromatic carbocycles. The summed E-state index contributed by atoms with van der Waals surface area (Å²) in [5.41, 5.74) is 2.04. The van der Waals surface area contributed by atoms with E-state index in [1.165, 1.54) is 0 Å². The number of ether oxygens (including phenoxy) is 2. The van der Waals surface area contributed by atoms with Gasteiger partial charge in [-0.05, 0) is 25.1 Å². The Balaban J connectivity index is 2.11. The maximum Gasteiger partial charge on any atom is 0.341 e. The molecule has 1 N–H and O–H groups in total. The van der Waals surface area contributed by atoms with Crippen molar-refractivity contribution >= 4 is 38.5 Å². The van der Waals surface area contributed by atoms with Crippen molar-refractivity contribution < 1.29 is 14.3 Å². The Morgan fingerprint density at radius 2 is 2.33 bits per heavy atom. The highest BCUT2D eigenvalue weighted by molar-refractivity contribution is 9.10. The molecule has 1 aromatic heterocycles. The zero-order valence-electron chi connectivity index (χ0n) is 11.6. The van der Waals surface area contributed by atoms with Crippen LogP contribution in [0, 0.1) is 0 Å². The quantitative estimate of drug-likeness (QED) is 0.859. The topological polar surface area (TPSA) is 60.5 Å². The van der Waals surface area contributed by atoms with Gasteiger partial charge in [0.2, 0.25) is 0 Å². The molecule has 110 valence electrons. The van der Waals surface area contributed by atoms with E-state index in [0.29, 0.717) is 25.4 Å². The van der Waals surface area contributed by atoms with Crippen molar-refractivity contribution in [2.45, 2.75) is 13.0 Å². The highest BCUT2D eigenvalue weighted by Gasteiger charge is 2.23. The van der Waals surface area contributed by atoms with E-state index in [-0.39, 0.29) is 12.0 Å². The number of esters is 1. The molecule has 2 aromatic rings. The molecular formula is C15H15BrN2O3. The third-order valence-electron chi connectivity index (χ3n) is 3.31. The Bertz CT molecular complexity index is 686. The maximum atomic E-state index is 12.1. The van der Waals surface area contributed by atoms with E-state index in [0.717, 1.165) is 21.1 Å². The standard InChI is InChI=1S/C15H15BrN2O3/c1-2-21-15(19)12-6-17-13-4-3-9(16)5-11(13)14(12)18-10-7-20-8-10/h3-6,10H,2,7-8H2,1H3,(H,17,18). The fourth-order valence-electron chi connectivity index (χ4n) is 2.21. The van der Waals surface area contributed by atoms with Crippen LogP contribution < -0.4 is 5.32 Å². The van der Waals surface area contributed by atoms with Crippen molar-refractivity contribution in [3.05, 3.63) is 34.4 Å². The van der Waals surface area contributed by atoms with Gasteiger partial charge in [-0.2, -0.15) is 0 Å². The number of fused-ring (bicyclic) bond motifs is 1. The second-order valence-electron chi connectivity index (χ2n) is 4.81. The minimum Gasteiger partial charge on any atom is -0.462 e. The Kier molecular flexibility index (Phi) is 4.07. The summed E-state index contributed by atoms with van der Waals surface area (Å²) in [5.74, 6) is -0.366. The lowest BCUT2D eigenvalue weighted by Gasteiger charge is -2.29. The molecule has 6 heteroatoms. The Morgan fingerprint density at radius 1 is 1.52 bits per heavy atom. The minimum atomic E-state index is -0.366. The summed E-state index contributed by atoms with van der Waals surface area (Å²) in [6.45, 7) is 3.40. The average Bonchev–Trinajstić information content (AvgIpc) is 2.42. The number of aromatic nitrogens is 1. The van der Waals surface area contributed by atoms with Gasteiger partial charge in [-0.1, -0.05) is 15.9 Å². The van der Waals surface area contributed by atoms with Crippen molar-refractivity contribution in [1.82, 2.24) is 4.98 Å². The van der Waals surface area contributed by atoms with Gasteiger partial charge < -0.3 is 14.8 Å². The molecule has 5 nitrogen and oxygen atoms in total. The zero-order chi connectivity index (χ0) is 14.8. The molecule has 0 radical (unpaired) electrons. The van der Waals surface area contributed by atoms with E-state index in [9.17, 15) is 4.79 Å². The molecule has 0 atom stereocenters. The second kappa shape index (κ2) is 5.99. The summed E-state index contributed by atoms with van der Waals surface area (Å²) >= 11 is 3.46. The van der Waals surface area contributed by atoms with Crippen molar-refractivity contribution in [3.63, 3.8) is 0 Å². The molecule has 1 aliphatic heterocycles. The van der Waals surface area contributed by atoms with Crippen LogP contribution >= 0.6 is 15.9 Å². The fourth-order valence-corrected chi connectivity index (χ4v) is 2.57. The van der Waals surface area contributed by atoms with Crippen LogP contribution in [0.25, 0.3) is 10.9 Å². The monoisotopic (exact) mass is 350 g/mol. The zero-order valence-corrected chi connectivity index (χ0v) is 13.1. The summed E-state index contributed by atoms with van der Waals surface area (Å²) in [4.78, 5) is 16.5. The first-order chi connectivity index (χ1) is 10.2.